The highest BCUT2D eigenvalue weighted by molar-refractivity contribution is 7.81. The minimum atomic E-state index is -5.59. The quantitative estimate of drug-likeness (QED) is 0.0354. The Morgan fingerprint density at radius 2 is 1.20 bits per heavy atom. The first-order chi connectivity index (χ1) is 32.8. The number of allylic oxidation sites excluding steroid dienone is 1. The summed E-state index contributed by atoms with van der Waals surface area (Å²) in [4.78, 5) is 0. The fourth-order valence-corrected chi connectivity index (χ4v) is 10.5. The highest BCUT2D eigenvalue weighted by atomic mass is 32.3. The molecule has 3 aliphatic heterocycles. The van der Waals surface area contributed by atoms with Crippen LogP contribution in [0.5, 0.6) is 0 Å². The second-order valence-corrected chi connectivity index (χ2v) is 21.7. The maximum atomic E-state index is 12.3. The highest BCUT2D eigenvalue weighted by Gasteiger charge is 2.54. The van der Waals surface area contributed by atoms with Gasteiger partial charge in [-0.15, -0.1) is 5.10 Å². The summed E-state index contributed by atoms with van der Waals surface area (Å²) in [7, 11) is -26.7. The summed E-state index contributed by atoms with van der Waals surface area (Å²) < 4.78 is 241. The van der Waals surface area contributed by atoms with Crippen molar-refractivity contribution in [2.45, 2.75) is 165 Å². The average Bonchev–Trinajstić information content (AvgIpc) is 3.67. The molecule has 5 rings (SSSR count). The van der Waals surface area contributed by atoms with Gasteiger partial charge in [-0.1, -0.05) is 16.9 Å². The van der Waals surface area contributed by atoms with E-state index in [1.54, 1.807) is 13.0 Å². The molecule has 1 aromatic rings. The van der Waals surface area contributed by atoms with Gasteiger partial charge in [-0.2, -0.15) is 42.1 Å². The molecule has 37 heteroatoms. The first kappa shape index (κ1) is 59.7. The van der Waals surface area contributed by atoms with Crippen molar-refractivity contribution in [3.8, 4) is 0 Å². The van der Waals surface area contributed by atoms with Gasteiger partial charge in [0.05, 0.1) is 75.7 Å². The Hall–Kier alpha value is -2.13. The summed E-state index contributed by atoms with van der Waals surface area (Å²) in [5, 5.41) is 10.9. The van der Waals surface area contributed by atoms with Gasteiger partial charge in [-0.3, -0.25) is 22.8 Å². The largest absolute Gasteiger partial charge is 0.397 e. The standard InChI is InChI=1S/C34H58N4O28S5/c1-6-54-11-12-55-10-9-38-16-22(36-37-38)17-56-34-31(66-71(51,52)53)30(65-70(48,49)50)29(21(5)59-34)61-33-28(64-69(45,46)47)15-26(20(4)58-33)60-32-27(63-68(42,43)44)14-23(19(3)57-32)35-24-13-18(2)7-8-25(24)62-67(39,40)41/h13,16,19-21,23-35H,6-12,14-15,17H2,1-5H3,(H,39,40,41)(H,42,43,44)(H,45,46,47)(H,48,49,50)(H,51,52,53)/t19-,20-,21?,23+,24+,25-,26+,27-,28-,29-,30+,31-,32-,33-,34-/m1/s1. The SMILES string of the molecule is CCOCCOCCn1cc(CO[C@@H]2OC(C)[C@@H](O[C@H]3O[C@H](C)[C@@H](O[C@H]4O[C@H](C)[C@@H](N[C@H]5C=C(C)CC[C@H]5OS(=O)(=O)O)C[C@H]4OS(=O)(=O)O)C[C@H]3OS(=O)(=O)O)[C@H](OS(=O)(=O)O)[C@H]2OS(=O)(=O)O)nn1. The van der Waals surface area contributed by atoms with E-state index in [1.165, 1.54) is 31.6 Å². The number of nitrogens with one attached hydrogen (secondary N) is 1. The second-order valence-electron chi connectivity index (χ2n) is 16.5. The summed E-state index contributed by atoms with van der Waals surface area (Å²) in [5.74, 6) is 0. The molecule has 0 bridgehead atoms. The van der Waals surface area contributed by atoms with Crippen molar-refractivity contribution in [3.63, 3.8) is 0 Å². The summed E-state index contributed by atoms with van der Waals surface area (Å²) >= 11 is 0. The van der Waals surface area contributed by atoms with Crippen molar-refractivity contribution in [3.05, 3.63) is 23.5 Å². The van der Waals surface area contributed by atoms with E-state index in [0.717, 1.165) is 5.57 Å². The first-order valence-electron chi connectivity index (χ1n) is 21.5. The van der Waals surface area contributed by atoms with E-state index < -0.39 is 157 Å². The number of nitrogens with zero attached hydrogens (tertiary/aromatic N) is 3. The second kappa shape index (κ2) is 25.1. The molecule has 0 spiro atoms. The van der Waals surface area contributed by atoms with E-state index >= 15 is 0 Å². The van der Waals surface area contributed by atoms with Gasteiger partial charge in [0, 0.05) is 19.1 Å². The number of aromatic nitrogens is 3. The van der Waals surface area contributed by atoms with Crippen molar-refractivity contribution < 1.29 is 124 Å². The summed E-state index contributed by atoms with van der Waals surface area (Å²) in [6, 6.07) is -1.75. The van der Waals surface area contributed by atoms with Gasteiger partial charge in [0.15, 0.2) is 25.0 Å². The molecule has 0 amide bonds. The number of ether oxygens (including phenoxy) is 8. The Morgan fingerprint density at radius 3 is 1.82 bits per heavy atom. The molecule has 6 N–H and O–H groups in total. The molecule has 15 atom stereocenters. The lowest BCUT2D eigenvalue weighted by molar-refractivity contribution is -0.346. The van der Waals surface area contributed by atoms with Gasteiger partial charge < -0.3 is 43.2 Å². The van der Waals surface area contributed by atoms with Crippen molar-refractivity contribution in [1.29, 1.82) is 0 Å². The third-order valence-corrected chi connectivity index (χ3v) is 13.4. The van der Waals surface area contributed by atoms with E-state index in [9.17, 15) is 64.9 Å². The van der Waals surface area contributed by atoms with Crippen LogP contribution in [0.25, 0.3) is 0 Å². The monoisotopic (exact) mass is 1130 g/mol. The minimum Gasteiger partial charge on any atom is -0.379 e. The van der Waals surface area contributed by atoms with Crippen LogP contribution in [0.3, 0.4) is 0 Å². The molecule has 412 valence electrons. The molecule has 0 radical (unpaired) electrons. The summed E-state index contributed by atoms with van der Waals surface area (Å²) in [6.45, 7) is 8.75. The number of hydrogen-bond acceptors (Lipinski definition) is 26. The Labute approximate surface area is 409 Å². The zero-order valence-electron chi connectivity index (χ0n) is 38.4. The van der Waals surface area contributed by atoms with Crippen molar-refractivity contribution >= 4 is 52.0 Å². The van der Waals surface area contributed by atoms with Crippen molar-refractivity contribution in [2.75, 3.05) is 26.4 Å². The zero-order chi connectivity index (χ0) is 52.7. The maximum Gasteiger partial charge on any atom is 0.397 e. The van der Waals surface area contributed by atoms with Gasteiger partial charge >= 0.3 is 52.0 Å². The van der Waals surface area contributed by atoms with E-state index in [-0.39, 0.29) is 31.7 Å². The molecule has 0 saturated carbocycles. The van der Waals surface area contributed by atoms with Crippen LogP contribution < -0.4 is 5.32 Å². The Bertz CT molecular complexity index is 2500. The fraction of sp³-hybridized carbons (Fsp3) is 0.882. The predicted octanol–water partition coefficient (Wildman–Crippen LogP) is -1.36. The van der Waals surface area contributed by atoms with Crippen LogP contribution in [-0.4, -0.2) is 198 Å². The van der Waals surface area contributed by atoms with Crippen LogP contribution in [0, 0.1) is 0 Å². The van der Waals surface area contributed by atoms with E-state index in [0.29, 0.717) is 26.2 Å². The van der Waals surface area contributed by atoms with Crippen LogP contribution in [-0.2, 0) is 124 Å². The Morgan fingerprint density at radius 1 is 0.648 bits per heavy atom. The maximum absolute atomic E-state index is 12.3. The lowest BCUT2D eigenvalue weighted by Gasteiger charge is -2.47. The van der Waals surface area contributed by atoms with E-state index in [4.69, 9.17) is 58.8 Å². The van der Waals surface area contributed by atoms with E-state index in [2.05, 4.69) is 15.6 Å². The van der Waals surface area contributed by atoms with Gasteiger partial charge in [0.25, 0.3) is 0 Å². The van der Waals surface area contributed by atoms with E-state index in [1.807, 2.05) is 6.92 Å². The molecule has 3 fully saturated rings. The Balaban J connectivity index is 1.34. The van der Waals surface area contributed by atoms with Gasteiger partial charge in [-0.05, 0) is 53.9 Å². The summed E-state index contributed by atoms with van der Waals surface area (Å²) in [6.07, 6.45) is -19.7. The van der Waals surface area contributed by atoms with Gasteiger partial charge in [-0.25, -0.2) is 25.6 Å². The average molecular weight is 1130 g/mol. The van der Waals surface area contributed by atoms with Gasteiger partial charge in [0.1, 0.15) is 30.1 Å². The molecule has 71 heavy (non-hydrogen) atoms. The van der Waals surface area contributed by atoms with Crippen LogP contribution in [0.4, 0.5) is 0 Å². The Kier molecular flexibility index (Phi) is 21.2. The van der Waals surface area contributed by atoms with Gasteiger partial charge in [0.2, 0.25) is 0 Å². The minimum absolute atomic E-state index is 0.118. The van der Waals surface area contributed by atoms with Crippen LogP contribution >= 0.6 is 0 Å². The van der Waals surface area contributed by atoms with Crippen LogP contribution in [0.2, 0.25) is 0 Å². The smallest absolute Gasteiger partial charge is 0.379 e. The first-order valence-corrected chi connectivity index (χ1v) is 28.3. The third kappa shape index (κ3) is 19.8. The molecule has 4 aliphatic rings. The third-order valence-electron chi connectivity index (χ3n) is 11.0. The van der Waals surface area contributed by atoms with Crippen molar-refractivity contribution in [2.24, 2.45) is 0 Å². The fourth-order valence-electron chi connectivity index (χ4n) is 7.99. The van der Waals surface area contributed by atoms with Crippen LogP contribution in [0.1, 0.15) is 66.0 Å². The zero-order valence-corrected chi connectivity index (χ0v) is 42.5. The molecule has 1 aliphatic carbocycles. The normalized spacial score (nSPS) is 33.7. The molecule has 32 nitrogen and oxygen atoms in total. The molecule has 3 saturated heterocycles. The predicted molar refractivity (Wildman–Crippen MR) is 230 cm³/mol. The molecular formula is C34H58N4O28S5. The molecule has 0 aromatic carbocycles. The summed E-state index contributed by atoms with van der Waals surface area (Å²) in [5.41, 5.74) is 0.939. The molecule has 4 heterocycles. The number of rotatable bonds is 26. The lowest BCUT2D eigenvalue weighted by atomic mass is 9.91. The van der Waals surface area contributed by atoms with Crippen LogP contribution in [0.15, 0.2) is 17.8 Å². The molecule has 1 aromatic heterocycles. The molecule has 1 unspecified atom stereocenters. The lowest BCUT2D eigenvalue weighted by Crippen LogP contribution is -2.63. The topological polar surface area (TPSA) is 435 Å². The van der Waals surface area contributed by atoms with Crippen molar-refractivity contribution in [1.82, 2.24) is 20.3 Å². The highest BCUT2D eigenvalue weighted by Crippen LogP contribution is 2.37. The number of hydrogen-bond donors (Lipinski definition) is 6. The molecular weight excluding hydrogens is 1070 g/mol.